The van der Waals surface area contributed by atoms with Gasteiger partial charge >= 0.3 is 0 Å². The van der Waals surface area contributed by atoms with Gasteiger partial charge in [-0.05, 0) is 49.8 Å². The number of halogens is 1. The first kappa shape index (κ1) is 17.3. The molecule has 0 spiro atoms. The second-order valence-electron chi connectivity index (χ2n) is 5.16. The fourth-order valence-corrected chi connectivity index (χ4v) is 2.27. The lowest BCUT2D eigenvalue weighted by Gasteiger charge is -2.17. The molecule has 1 N–H and O–H groups in total. The predicted octanol–water partition coefficient (Wildman–Crippen LogP) is 3.14. The molecular formula is C15H22ClN5O2. The zero-order chi connectivity index (χ0) is 16.8. The number of nitrogens with zero attached hydrogens (tertiary/aromatic N) is 4. The van der Waals surface area contributed by atoms with Gasteiger partial charge in [0.1, 0.15) is 0 Å². The van der Waals surface area contributed by atoms with E-state index in [0.29, 0.717) is 42.2 Å². The van der Waals surface area contributed by atoms with Gasteiger partial charge in [0.2, 0.25) is 5.95 Å². The zero-order valence-corrected chi connectivity index (χ0v) is 14.6. The molecule has 1 aromatic carbocycles. The maximum atomic E-state index is 6.36. The van der Waals surface area contributed by atoms with Crippen molar-refractivity contribution in [2.45, 2.75) is 46.9 Å². The van der Waals surface area contributed by atoms with Crippen LogP contribution in [0.25, 0.3) is 0 Å². The molecular weight excluding hydrogens is 318 g/mol. The van der Waals surface area contributed by atoms with E-state index in [1.54, 1.807) is 10.7 Å². The Morgan fingerprint density at radius 2 is 2.04 bits per heavy atom. The van der Waals surface area contributed by atoms with Crippen molar-refractivity contribution in [3.63, 3.8) is 0 Å². The Morgan fingerprint density at radius 3 is 2.70 bits per heavy atom. The highest BCUT2D eigenvalue weighted by Crippen LogP contribution is 2.34. The van der Waals surface area contributed by atoms with Gasteiger partial charge in [-0.3, -0.25) is 0 Å². The fraction of sp³-hybridized carbons (Fsp3) is 0.533. The SMILES string of the molecule is CCOc1cc(CNc2nnnn2CC)c(Cl)cc1OC(C)C. The summed E-state index contributed by atoms with van der Waals surface area (Å²) < 4.78 is 13.1. The largest absolute Gasteiger partial charge is 0.490 e. The quantitative estimate of drug-likeness (QED) is 0.796. The van der Waals surface area contributed by atoms with Crippen LogP contribution in [-0.2, 0) is 13.1 Å². The summed E-state index contributed by atoms with van der Waals surface area (Å²) in [5, 5.41) is 15.2. The van der Waals surface area contributed by atoms with Crippen molar-refractivity contribution in [1.82, 2.24) is 20.2 Å². The molecule has 0 unspecified atom stereocenters. The molecule has 0 atom stereocenters. The molecule has 0 saturated heterocycles. The van der Waals surface area contributed by atoms with E-state index in [-0.39, 0.29) is 6.10 Å². The lowest BCUT2D eigenvalue weighted by atomic mass is 10.2. The highest BCUT2D eigenvalue weighted by atomic mass is 35.5. The number of aryl methyl sites for hydroxylation is 1. The number of rotatable bonds is 8. The molecule has 0 amide bonds. The van der Waals surface area contributed by atoms with Crippen molar-refractivity contribution in [3.05, 3.63) is 22.7 Å². The summed E-state index contributed by atoms with van der Waals surface area (Å²) in [4.78, 5) is 0. The van der Waals surface area contributed by atoms with Gasteiger partial charge in [0.25, 0.3) is 0 Å². The van der Waals surface area contributed by atoms with Crippen molar-refractivity contribution in [1.29, 1.82) is 0 Å². The maximum absolute atomic E-state index is 6.36. The molecule has 0 bridgehead atoms. The summed E-state index contributed by atoms with van der Waals surface area (Å²) in [5.74, 6) is 1.93. The van der Waals surface area contributed by atoms with Gasteiger partial charge in [0.15, 0.2) is 11.5 Å². The first-order valence-corrected chi connectivity index (χ1v) is 8.04. The number of hydrogen-bond acceptors (Lipinski definition) is 6. The number of aromatic nitrogens is 4. The number of nitrogens with one attached hydrogen (secondary N) is 1. The van der Waals surface area contributed by atoms with Crippen LogP contribution in [-0.4, -0.2) is 32.9 Å². The van der Waals surface area contributed by atoms with Gasteiger partial charge in [-0.15, -0.1) is 0 Å². The molecule has 0 fully saturated rings. The van der Waals surface area contributed by atoms with E-state index in [1.165, 1.54) is 0 Å². The lowest BCUT2D eigenvalue weighted by Crippen LogP contribution is -2.10. The van der Waals surface area contributed by atoms with Crippen LogP contribution in [0.4, 0.5) is 5.95 Å². The van der Waals surface area contributed by atoms with Gasteiger partial charge in [-0.2, -0.15) is 0 Å². The van der Waals surface area contributed by atoms with Crippen molar-refractivity contribution >= 4 is 17.5 Å². The maximum Gasteiger partial charge on any atom is 0.243 e. The normalized spacial score (nSPS) is 10.9. The number of anilines is 1. The highest BCUT2D eigenvalue weighted by molar-refractivity contribution is 6.31. The number of hydrogen-bond donors (Lipinski definition) is 1. The van der Waals surface area contributed by atoms with Crippen molar-refractivity contribution in [2.75, 3.05) is 11.9 Å². The van der Waals surface area contributed by atoms with Gasteiger partial charge < -0.3 is 14.8 Å². The number of tetrazole rings is 1. The molecule has 1 heterocycles. The standard InChI is InChI=1S/C15H22ClN5O2/c1-5-21-15(18-19-20-21)17-9-11-7-13(22-6-2)14(8-12(11)16)23-10(3)4/h7-8,10H,5-6,9H2,1-4H3,(H,17,18,20). The van der Waals surface area contributed by atoms with E-state index in [0.717, 1.165) is 5.56 Å². The summed E-state index contributed by atoms with van der Waals surface area (Å²) in [5.41, 5.74) is 0.886. The van der Waals surface area contributed by atoms with Crippen LogP contribution in [0.15, 0.2) is 12.1 Å². The van der Waals surface area contributed by atoms with Crippen molar-refractivity contribution in [2.24, 2.45) is 0 Å². The third kappa shape index (κ3) is 4.48. The Labute approximate surface area is 140 Å². The minimum atomic E-state index is 0.0448. The van der Waals surface area contributed by atoms with Gasteiger partial charge in [-0.1, -0.05) is 16.7 Å². The van der Waals surface area contributed by atoms with Gasteiger partial charge in [0.05, 0.1) is 12.7 Å². The van der Waals surface area contributed by atoms with E-state index in [4.69, 9.17) is 21.1 Å². The van der Waals surface area contributed by atoms with E-state index in [2.05, 4.69) is 20.8 Å². The molecule has 1 aromatic heterocycles. The molecule has 0 aliphatic heterocycles. The van der Waals surface area contributed by atoms with Crippen molar-refractivity contribution in [3.8, 4) is 11.5 Å². The van der Waals surface area contributed by atoms with E-state index >= 15 is 0 Å². The van der Waals surface area contributed by atoms with Crippen LogP contribution < -0.4 is 14.8 Å². The van der Waals surface area contributed by atoms with Crippen LogP contribution in [0.3, 0.4) is 0 Å². The average molecular weight is 340 g/mol. The Bertz CT molecular complexity index is 645. The third-order valence-corrected chi connectivity index (χ3v) is 3.40. The second-order valence-corrected chi connectivity index (χ2v) is 5.57. The summed E-state index contributed by atoms with van der Waals surface area (Å²) in [6.07, 6.45) is 0.0448. The summed E-state index contributed by atoms with van der Waals surface area (Å²) in [7, 11) is 0. The summed E-state index contributed by atoms with van der Waals surface area (Å²) in [6.45, 7) is 9.56. The van der Waals surface area contributed by atoms with Gasteiger partial charge in [0, 0.05) is 24.2 Å². The first-order chi connectivity index (χ1) is 11.0. The summed E-state index contributed by atoms with van der Waals surface area (Å²) >= 11 is 6.36. The topological polar surface area (TPSA) is 74.1 Å². The molecule has 8 heteroatoms. The molecule has 23 heavy (non-hydrogen) atoms. The Balaban J connectivity index is 2.19. The second kappa shape index (κ2) is 8.01. The summed E-state index contributed by atoms with van der Waals surface area (Å²) in [6, 6.07) is 3.67. The molecule has 0 aliphatic carbocycles. The Hall–Kier alpha value is -2.02. The van der Waals surface area contributed by atoms with E-state index in [1.807, 2.05) is 33.8 Å². The first-order valence-electron chi connectivity index (χ1n) is 7.67. The molecule has 0 aliphatic rings. The van der Waals surface area contributed by atoms with Crippen LogP contribution in [0.2, 0.25) is 5.02 Å². The predicted molar refractivity (Wildman–Crippen MR) is 89.2 cm³/mol. The average Bonchev–Trinajstić information content (AvgIpc) is 2.95. The van der Waals surface area contributed by atoms with E-state index < -0.39 is 0 Å². The molecule has 0 radical (unpaired) electrons. The smallest absolute Gasteiger partial charge is 0.243 e. The van der Waals surface area contributed by atoms with Crippen LogP contribution in [0, 0.1) is 0 Å². The monoisotopic (exact) mass is 339 g/mol. The molecule has 0 saturated carbocycles. The molecule has 126 valence electrons. The highest BCUT2D eigenvalue weighted by Gasteiger charge is 2.13. The Kier molecular flexibility index (Phi) is 6.04. The zero-order valence-electron chi connectivity index (χ0n) is 13.8. The van der Waals surface area contributed by atoms with Crippen LogP contribution >= 0.6 is 11.6 Å². The minimum absolute atomic E-state index is 0.0448. The van der Waals surface area contributed by atoms with Crippen LogP contribution in [0.5, 0.6) is 11.5 Å². The number of ether oxygens (including phenoxy) is 2. The molecule has 2 aromatic rings. The molecule has 7 nitrogen and oxygen atoms in total. The fourth-order valence-electron chi connectivity index (χ4n) is 2.05. The number of benzene rings is 1. The van der Waals surface area contributed by atoms with Crippen LogP contribution in [0.1, 0.15) is 33.3 Å². The van der Waals surface area contributed by atoms with Gasteiger partial charge in [-0.25, -0.2) is 4.68 Å². The lowest BCUT2D eigenvalue weighted by molar-refractivity contribution is 0.224. The Morgan fingerprint density at radius 1 is 1.26 bits per heavy atom. The third-order valence-electron chi connectivity index (χ3n) is 3.04. The minimum Gasteiger partial charge on any atom is -0.490 e. The van der Waals surface area contributed by atoms with E-state index in [9.17, 15) is 0 Å². The molecule has 2 rings (SSSR count). The van der Waals surface area contributed by atoms with Crippen molar-refractivity contribution < 1.29 is 9.47 Å².